The second-order valence-electron chi connectivity index (χ2n) is 5.75. The van der Waals surface area contributed by atoms with Crippen molar-refractivity contribution in [1.29, 1.82) is 0 Å². The van der Waals surface area contributed by atoms with Crippen molar-refractivity contribution in [3.63, 3.8) is 0 Å². The van der Waals surface area contributed by atoms with Gasteiger partial charge in [-0.2, -0.15) is 13.9 Å². The van der Waals surface area contributed by atoms with Crippen LogP contribution in [0.2, 0.25) is 5.02 Å². The summed E-state index contributed by atoms with van der Waals surface area (Å²) in [6.45, 7) is -2.00. The van der Waals surface area contributed by atoms with Crippen LogP contribution in [0.1, 0.15) is 30.3 Å². The number of aliphatic imine (C=N–C) groups is 1. The molecule has 6 nitrogen and oxygen atoms in total. The average molecular weight is 388 g/mol. The van der Waals surface area contributed by atoms with Gasteiger partial charge in [0, 0.05) is 24.1 Å². The van der Waals surface area contributed by atoms with Gasteiger partial charge in [0.05, 0.1) is 17.6 Å². The molecule has 26 heavy (non-hydrogen) atoms. The largest absolute Gasteiger partial charge is 0.386 e. The molecular weight excluding hydrogens is 371 g/mol. The van der Waals surface area contributed by atoms with E-state index >= 15 is 0 Å². The molecule has 10 heteroatoms. The van der Waals surface area contributed by atoms with Crippen molar-refractivity contribution in [3.05, 3.63) is 46.5 Å². The lowest BCUT2D eigenvalue weighted by Gasteiger charge is -2.14. The van der Waals surface area contributed by atoms with E-state index < -0.39 is 18.4 Å². The number of hydrogen-bond donors (Lipinski definition) is 2. The Morgan fingerprint density at radius 2 is 2.23 bits per heavy atom. The van der Waals surface area contributed by atoms with Crippen LogP contribution in [0.3, 0.4) is 0 Å². The topological polar surface area (TPSA) is 77.5 Å². The highest BCUT2D eigenvalue weighted by Gasteiger charge is 2.19. The molecule has 0 amide bonds. The molecule has 2 aromatic rings. The van der Waals surface area contributed by atoms with Gasteiger partial charge >= 0.3 is 6.55 Å². The minimum Gasteiger partial charge on any atom is -0.386 e. The summed E-state index contributed by atoms with van der Waals surface area (Å²) in [4.78, 5) is 4.28. The molecular formula is C16H17ClF3N5O. The van der Waals surface area contributed by atoms with Gasteiger partial charge in [-0.15, -0.1) is 0 Å². The number of ether oxygens (including phenoxy) is 1. The summed E-state index contributed by atoms with van der Waals surface area (Å²) in [7, 11) is 0. The third-order valence-corrected chi connectivity index (χ3v) is 4.20. The van der Waals surface area contributed by atoms with E-state index in [-0.39, 0.29) is 23.9 Å². The second-order valence-corrected chi connectivity index (χ2v) is 6.16. The number of anilines is 1. The highest BCUT2D eigenvalue weighted by Crippen LogP contribution is 2.28. The lowest BCUT2D eigenvalue weighted by Crippen LogP contribution is -2.17. The van der Waals surface area contributed by atoms with Crippen LogP contribution in [0.25, 0.3) is 0 Å². The van der Waals surface area contributed by atoms with Gasteiger partial charge in [-0.25, -0.2) is 9.07 Å². The molecule has 3 rings (SSSR count). The molecule has 1 aromatic heterocycles. The van der Waals surface area contributed by atoms with Crippen LogP contribution in [0, 0.1) is 5.82 Å². The second kappa shape index (κ2) is 7.96. The predicted octanol–water partition coefficient (Wildman–Crippen LogP) is 3.50. The number of aromatic nitrogens is 2. The van der Waals surface area contributed by atoms with E-state index in [1.54, 1.807) is 6.07 Å². The van der Waals surface area contributed by atoms with E-state index in [9.17, 15) is 13.2 Å². The van der Waals surface area contributed by atoms with Gasteiger partial charge in [0.2, 0.25) is 0 Å². The van der Waals surface area contributed by atoms with Crippen LogP contribution in [0.5, 0.6) is 0 Å². The fraction of sp³-hybridized carbons (Fsp3) is 0.375. The van der Waals surface area contributed by atoms with E-state index in [0.717, 1.165) is 6.20 Å². The zero-order chi connectivity index (χ0) is 18.7. The Balaban J connectivity index is 1.76. The van der Waals surface area contributed by atoms with Gasteiger partial charge < -0.3 is 15.8 Å². The van der Waals surface area contributed by atoms with Crippen LogP contribution in [0.15, 0.2) is 29.4 Å². The smallest absolute Gasteiger partial charge is 0.333 e. The Bertz CT molecular complexity index is 811. The lowest BCUT2D eigenvalue weighted by molar-refractivity contribution is 0.0562. The van der Waals surface area contributed by atoms with Crippen molar-refractivity contribution in [2.24, 2.45) is 10.7 Å². The maximum absolute atomic E-state index is 14.2. The highest BCUT2D eigenvalue weighted by atomic mass is 35.5. The Labute approximate surface area is 152 Å². The number of nitrogens with two attached hydrogens (primary N) is 1. The van der Waals surface area contributed by atoms with Crippen molar-refractivity contribution in [2.45, 2.75) is 25.6 Å². The van der Waals surface area contributed by atoms with Gasteiger partial charge in [-0.1, -0.05) is 11.6 Å². The summed E-state index contributed by atoms with van der Waals surface area (Å²) >= 11 is 5.91. The van der Waals surface area contributed by atoms with Crippen LogP contribution in [-0.4, -0.2) is 28.8 Å². The highest BCUT2D eigenvalue weighted by molar-refractivity contribution is 6.31. The van der Waals surface area contributed by atoms with Crippen LogP contribution in [-0.2, 0) is 11.3 Å². The summed E-state index contributed by atoms with van der Waals surface area (Å²) in [5.74, 6) is -0.0893. The fourth-order valence-electron chi connectivity index (χ4n) is 2.62. The summed E-state index contributed by atoms with van der Waals surface area (Å²) in [6.07, 6.45) is 1.56. The van der Waals surface area contributed by atoms with Crippen LogP contribution in [0.4, 0.5) is 18.9 Å². The van der Waals surface area contributed by atoms with Gasteiger partial charge in [-0.3, -0.25) is 4.99 Å². The van der Waals surface area contributed by atoms with Crippen molar-refractivity contribution in [3.8, 4) is 0 Å². The monoisotopic (exact) mass is 387 g/mol. The Hall–Kier alpha value is -2.26. The molecule has 1 unspecified atom stereocenters. The zero-order valence-corrected chi connectivity index (χ0v) is 14.4. The maximum Gasteiger partial charge on any atom is 0.333 e. The molecule has 3 N–H and O–H groups in total. The van der Waals surface area contributed by atoms with Crippen molar-refractivity contribution >= 4 is 23.1 Å². The molecule has 0 radical (unpaired) electrons. The number of nitrogens with zero attached hydrogens (tertiary/aromatic N) is 3. The van der Waals surface area contributed by atoms with Gasteiger partial charge in [0.1, 0.15) is 24.0 Å². The van der Waals surface area contributed by atoms with Crippen LogP contribution < -0.4 is 11.1 Å². The van der Waals surface area contributed by atoms with E-state index in [2.05, 4.69) is 15.4 Å². The lowest BCUT2D eigenvalue weighted by atomic mass is 10.0. The molecule has 1 aliphatic heterocycles. The molecule has 0 spiro atoms. The summed E-state index contributed by atoms with van der Waals surface area (Å²) in [5.41, 5.74) is 6.96. The first-order valence-electron chi connectivity index (χ1n) is 7.89. The van der Waals surface area contributed by atoms with E-state index in [0.29, 0.717) is 34.8 Å². The Kier molecular flexibility index (Phi) is 5.67. The van der Waals surface area contributed by atoms with Gasteiger partial charge in [-0.05, 0) is 24.6 Å². The Morgan fingerprint density at radius 1 is 1.42 bits per heavy atom. The van der Waals surface area contributed by atoms with Gasteiger partial charge in [0.15, 0.2) is 0 Å². The summed E-state index contributed by atoms with van der Waals surface area (Å²) in [5, 5.41) is 6.85. The maximum atomic E-state index is 14.2. The molecule has 0 bridgehead atoms. The van der Waals surface area contributed by atoms with Crippen molar-refractivity contribution < 1.29 is 17.9 Å². The number of halogens is 4. The SMILES string of the molecule is NC1=NC(c2cc(NCc3nn(C(F)F)cc3Cl)ccc2F)CCOC1. The number of alkyl halides is 2. The number of rotatable bonds is 5. The van der Waals surface area contributed by atoms with E-state index in [1.165, 1.54) is 12.1 Å². The average Bonchev–Trinajstić information content (AvgIpc) is 2.84. The molecule has 140 valence electrons. The number of amidine groups is 1. The summed E-state index contributed by atoms with van der Waals surface area (Å²) in [6, 6.07) is 4.02. The first-order valence-corrected chi connectivity index (χ1v) is 8.26. The molecule has 1 atom stereocenters. The van der Waals surface area contributed by atoms with Gasteiger partial charge in [0.25, 0.3) is 0 Å². The molecule has 1 aromatic carbocycles. The molecule has 2 heterocycles. The molecule has 0 fully saturated rings. The van der Waals surface area contributed by atoms with E-state index in [1.807, 2.05) is 0 Å². The molecule has 0 saturated heterocycles. The fourth-order valence-corrected chi connectivity index (χ4v) is 2.82. The van der Waals surface area contributed by atoms with E-state index in [4.69, 9.17) is 22.1 Å². The molecule has 0 saturated carbocycles. The summed E-state index contributed by atoms with van der Waals surface area (Å²) < 4.78 is 45.3. The standard InChI is InChI=1S/C16H17ClF3N5O/c17-11-7-25(16(19)20)24-14(11)6-22-9-1-2-12(18)10(5-9)13-3-4-26-8-15(21)23-13/h1-2,5,7,13,16,22H,3-4,6,8H2,(H2,21,23). The number of benzene rings is 1. The minimum absolute atomic E-state index is 0.114. The van der Waals surface area contributed by atoms with Crippen LogP contribution >= 0.6 is 11.6 Å². The number of hydrogen-bond acceptors (Lipinski definition) is 5. The van der Waals surface area contributed by atoms with Crippen molar-refractivity contribution in [2.75, 3.05) is 18.5 Å². The normalized spacial score (nSPS) is 17.9. The Morgan fingerprint density at radius 3 is 2.96 bits per heavy atom. The zero-order valence-electron chi connectivity index (χ0n) is 13.6. The third-order valence-electron chi connectivity index (χ3n) is 3.88. The first-order chi connectivity index (χ1) is 12.4. The first kappa shape index (κ1) is 18.5. The quantitative estimate of drug-likeness (QED) is 0.823. The molecule has 0 aliphatic carbocycles. The molecule has 1 aliphatic rings. The van der Waals surface area contributed by atoms with Crippen molar-refractivity contribution in [1.82, 2.24) is 9.78 Å². The third kappa shape index (κ3) is 4.28. The minimum atomic E-state index is -2.76. The predicted molar refractivity (Wildman–Crippen MR) is 92.0 cm³/mol. The number of nitrogens with one attached hydrogen (secondary N) is 1.